The fourth-order valence-electron chi connectivity index (χ4n) is 3.85. The third-order valence-electron chi connectivity index (χ3n) is 5.17. The Hall–Kier alpha value is -4.00. The molecule has 4 aromatic rings. The van der Waals surface area contributed by atoms with Crippen LogP contribution in [0.3, 0.4) is 0 Å². The smallest absolute Gasteiger partial charge is 0.334 e. The zero-order valence-corrected chi connectivity index (χ0v) is 15.4. The Balaban J connectivity index is 1.62. The molecule has 0 radical (unpaired) electrons. The summed E-state index contributed by atoms with van der Waals surface area (Å²) in [5, 5.41) is 17.2. The van der Waals surface area contributed by atoms with Gasteiger partial charge in [-0.15, -0.1) is 0 Å². The van der Waals surface area contributed by atoms with Crippen LogP contribution < -0.4 is 10.2 Å². The van der Waals surface area contributed by atoms with E-state index < -0.39 is 4.92 Å². The first-order valence-corrected chi connectivity index (χ1v) is 9.32. The number of hydrogen-bond acceptors (Lipinski definition) is 6. The normalized spacial score (nSPS) is 12.8. The number of nitro groups is 1. The van der Waals surface area contributed by atoms with Gasteiger partial charge in [0.1, 0.15) is 6.33 Å². The van der Waals surface area contributed by atoms with Gasteiger partial charge >= 0.3 is 5.69 Å². The van der Waals surface area contributed by atoms with Crippen LogP contribution in [0.4, 0.5) is 28.7 Å². The standard InChI is InChI=1S/C22H17N5O2/c28-27(29)20-21(25-18-10-5-8-15-6-1-3-9-17(15)18)23-14-24-22(20)26-13-12-16-7-2-4-11-19(16)26/h1-11,14H,12-13H2,(H,23,24,25). The molecule has 0 fully saturated rings. The lowest BCUT2D eigenvalue weighted by Crippen LogP contribution is -2.17. The molecule has 29 heavy (non-hydrogen) atoms. The van der Waals surface area contributed by atoms with Crippen LogP contribution in [-0.4, -0.2) is 21.4 Å². The summed E-state index contributed by atoms with van der Waals surface area (Å²) >= 11 is 0. The van der Waals surface area contributed by atoms with Crippen LogP contribution in [0.5, 0.6) is 0 Å². The molecule has 0 amide bonds. The lowest BCUT2D eigenvalue weighted by molar-refractivity contribution is -0.383. The molecule has 0 spiro atoms. The lowest BCUT2D eigenvalue weighted by atomic mass is 10.1. The van der Waals surface area contributed by atoms with Crippen molar-refractivity contribution in [3.8, 4) is 0 Å². The van der Waals surface area contributed by atoms with Gasteiger partial charge < -0.3 is 10.2 Å². The molecule has 7 nitrogen and oxygen atoms in total. The molecule has 0 unspecified atom stereocenters. The highest BCUT2D eigenvalue weighted by molar-refractivity contribution is 5.96. The predicted molar refractivity (Wildman–Crippen MR) is 113 cm³/mol. The number of aromatic nitrogens is 2. The van der Waals surface area contributed by atoms with Crippen molar-refractivity contribution in [1.29, 1.82) is 0 Å². The Labute approximate surface area is 166 Å². The van der Waals surface area contributed by atoms with E-state index in [1.807, 2.05) is 71.6 Å². The number of fused-ring (bicyclic) bond motifs is 2. The Kier molecular flexibility index (Phi) is 4.05. The van der Waals surface area contributed by atoms with Crippen LogP contribution in [0.2, 0.25) is 0 Å². The first-order chi connectivity index (χ1) is 14.2. The fourth-order valence-corrected chi connectivity index (χ4v) is 3.85. The summed E-state index contributed by atoms with van der Waals surface area (Å²) < 4.78 is 0. The van der Waals surface area contributed by atoms with Gasteiger partial charge in [-0.25, -0.2) is 9.97 Å². The maximum atomic E-state index is 12.0. The second-order valence-corrected chi connectivity index (χ2v) is 6.83. The van der Waals surface area contributed by atoms with Gasteiger partial charge in [0.05, 0.1) is 4.92 Å². The van der Waals surface area contributed by atoms with Crippen molar-refractivity contribution in [1.82, 2.24) is 9.97 Å². The summed E-state index contributed by atoms with van der Waals surface area (Å²) in [5.41, 5.74) is 2.74. The van der Waals surface area contributed by atoms with Gasteiger partial charge in [-0.05, 0) is 29.5 Å². The van der Waals surface area contributed by atoms with Crippen molar-refractivity contribution in [2.24, 2.45) is 0 Å². The zero-order chi connectivity index (χ0) is 19.8. The molecule has 142 valence electrons. The second kappa shape index (κ2) is 6.87. The number of nitrogens with zero attached hydrogens (tertiary/aromatic N) is 4. The van der Waals surface area contributed by atoms with E-state index >= 15 is 0 Å². The average molecular weight is 383 g/mol. The van der Waals surface area contributed by atoms with E-state index in [2.05, 4.69) is 15.3 Å². The van der Waals surface area contributed by atoms with Gasteiger partial charge in [0, 0.05) is 23.3 Å². The van der Waals surface area contributed by atoms with Gasteiger partial charge in [-0.2, -0.15) is 0 Å². The molecule has 1 aliphatic rings. The minimum atomic E-state index is -0.413. The van der Waals surface area contributed by atoms with Gasteiger partial charge in [-0.3, -0.25) is 10.1 Å². The largest absolute Gasteiger partial charge is 0.354 e. The van der Waals surface area contributed by atoms with E-state index in [4.69, 9.17) is 0 Å². The summed E-state index contributed by atoms with van der Waals surface area (Å²) in [5.74, 6) is 0.485. The molecule has 0 saturated carbocycles. The maximum absolute atomic E-state index is 12.0. The average Bonchev–Trinajstić information content (AvgIpc) is 3.18. The van der Waals surface area contributed by atoms with Crippen LogP contribution in [0.15, 0.2) is 73.1 Å². The minimum Gasteiger partial charge on any atom is -0.334 e. The number of para-hydroxylation sites is 1. The van der Waals surface area contributed by atoms with Gasteiger partial charge in [0.15, 0.2) is 0 Å². The van der Waals surface area contributed by atoms with E-state index in [-0.39, 0.29) is 11.5 Å². The molecule has 0 saturated heterocycles. The second-order valence-electron chi connectivity index (χ2n) is 6.83. The Morgan fingerprint density at radius 3 is 2.66 bits per heavy atom. The molecule has 5 rings (SSSR count). The monoisotopic (exact) mass is 383 g/mol. The summed E-state index contributed by atoms with van der Waals surface area (Å²) in [6.45, 7) is 0.644. The van der Waals surface area contributed by atoms with Crippen molar-refractivity contribution >= 4 is 39.5 Å². The topological polar surface area (TPSA) is 84.2 Å². The van der Waals surface area contributed by atoms with Crippen LogP contribution in [-0.2, 0) is 6.42 Å². The molecule has 0 aliphatic carbocycles. The van der Waals surface area contributed by atoms with Crippen molar-refractivity contribution in [2.45, 2.75) is 6.42 Å². The predicted octanol–water partition coefficient (Wildman–Crippen LogP) is 4.98. The Bertz CT molecular complexity index is 1240. The first-order valence-electron chi connectivity index (χ1n) is 9.32. The van der Waals surface area contributed by atoms with Gasteiger partial charge in [0.25, 0.3) is 0 Å². The van der Waals surface area contributed by atoms with Crippen molar-refractivity contribution < 1.29 is 4.92 Å². The Morgan fingerprint density at radius 2 is 1.76 bits per heavy atom. The summed E-state index contributed by atoms with van der Waals surface area (Å²) in [6.07, 6.45) is 2.19. The van der Waals surface area contributed by atoms with E-state index in [1.54, 1.807) is 0 Å². The molecule has 0 bridgehead atoms. The van der Waals surface area contributed by atoms with Gasteiger partial charge in [0.2, 0.25) is 11.6 Å². The maximum Gasteiger partial charge on any atom is 0.354 e. The van der Waals surface area contributed by atoms with E-state index in [0.717, 1.165) is 34.1 Å². The number of rotatable bonds is 4. The van der Waals surface area contributed by atoms with Crippen LogP contribution in [0, 0.1) is 10.1 Å². The zero-order valence-electron chi connectivity index (χ0n) is 15.4. The molecule has 1 aliphatic heterocycles. The van der Waals surface area contributed by atoms with Crippen LogP contribution >= 0.6 is 0 Å². The number of hydrogen-bond donors (Lipinski definition) is 1. The first kappa shape index (κ1) is 17.1. The van der Waals surface area contributed by atoms with E-state index in [1.165, 1.54) is 6.33 Å². The van der Waals surface area contributed by atoms with Crippen LogP contribution in [0.1, 0.15) is 5.56 Å². The molecular formula is C22H17N5O2. The highest BCUT2D eigenvalue weighted by Gasteiger charge is 2.31. The third kappa shape index (κ3) is 2.93. The highest BCUT2D eigenvalue weighted by atomic mass is 16.6. The molecular weight excluding hydrogens is 366 g/mol. The van der Waals surface area contributed by atoms with Crippen molar-refractivity contribution in [2.75, 3.05) is 16.8 Å². The third-order valence-corrected chi connectivity index (χ3v) is 5.17. The lowest BCUT2D eigenvalue weighted by Gasteiger charge is -2.19. The summed E-state index contributed by atoms with van der Waals surface area (Å²) in [7, 11) is 0. The van der Waals surface area contributed by atoms with E-state index in [9.17, 15) is 10.1 Å². The molecule has 1 N–H and O–H groups in total. The SMILES string of the molecule is O=[N+]([O-])c1c(Nc2cccc3ccccc23)ncnc1N1CCc2ccccc21. The highest BCUT2D eigenvalue weighted by Crippen LogP contribution is 2.41. The van der Waals surface area contributed by atoms with Gasteiger partial charge in [-0.1, -0.05) is 54.6 Å². The van der Waals surface area contributed by atoms with Crippen molar-refractivity contribution in [3.63, 3.8) is 0 Å². The molecule has 0 atom stereocenters. The minimum absolute atomic E-state index is 0.128. The number of nitrogens with one attached hydrogen (secondary N) is 1. The molecule has 1 aromatic heterocycles. The quantitative estimate of drug-likeness (QED) is 0.395. The number of benzene rings is 3. The summed E-state index contributed by atoms with van der Waals surface area (Å²) in [4.78, 5) is 22.0. The van der Waals surface area contributed by atoms with E-state index in [0.29, 0.717) is 12.4 Å². The van der Waals surface area contributed by atoms with Crippen LogP contribution in [0.25, 0.3) is 10.8 Å². The van der Waals surface area contributed by atoms with Crippen molar-refractivity contribution in [3.05, 3.63) is 88.7 Å². The molecule has 3 aromatic carbocycles. The molecule has 7 heteroatoms. The fraction of sp³-hybridized carbons (Fsp3) is 0.0909. The summed E-state index contributed by atoms with van der Waals surface area (Å²) in [6, 6.07) is 21.6. The molecule has 2 heterocycles. The number of anilines is 4. The Morgan fingerprint density at radius 1 is 0.966 bits per heavy atom.